The summed E-state index contributed by atoms with van der Waals surface area (Å²) < 4.78 is 14.2. The van der Waals surface area contributed by atoms with Crippen molar-refractivity contribution in [1.82, 2.24) is 10.6 Å². The Morgan fingerprint density at radius 2 is 1.77 bits per heavy atom. The molecule has 1 atom stereocenters. The zero-order valence-corrected chi connectivity index (χ0v) is 13.1. The Balaban J connectivity index is 2.15. The van der Waals surface area contributed by atoms with E-state index < -0.39 is 11.7 Å². The molecule has 116 valence electrons. The van der Waals surface area contributed by atoms with E-state index in [1.807, 2.05) is 45.2 Å². The van der Waals surface area contributed by atoms with Crippen LogP contribution < -0.4 is 10.6 Å². The van der Waals surface area contributed by atoms with Gasteiger partial charge in [-0.1, -0.05) is 35.9 Å². The molecule has 2 aromatic rings. The minimum absolute atomic E-state index is 0.0687. The highest BCUT2D eigenvalue weighted by Crippen LogP contribution is 2.22. The first-order valence-electron chi connectivity index (χ1n) is 7.33. The van der Waals surface area contributed by atoms with Crippen LogP contribution in [0.5, 0.6) is 0 Å². The quantitative estimate of drug-likeness (QED) is 0.890. The van der Waals surface area contributed by atoms with Gasteiger partial charge in [-0.25, -0.2) is 4.39 Å². The number of carbonyl (C=O) groups is 1. The molecule has 0 saturated heterocycles. The van der Waals surface area contributed by atoms with Gasteiger partial charge in [-0.3, -0.25) is 4.79 Å². The summed E-state index contributed by atoms with van der Waals surface area (Å²) in [6.07, 6.45) is 0. The zero-order chi connectivity index (χ0) is 16.1. The van der Waals surface area contributed by atoms with Gasteiger partial charge < -0.3 is 10.6 Å². The van der Waals surface area contributed by atoms with Crippen LogP contribution in [0.25, 0.3) is 11.1 Å². The molecule has 0 saturated carbocycles. The maximum atomic E-state index is 14.2. The van der Waals surface area contributed by atoms with Crippen molar-refractivity contribution in [2.24, 2.45) is 0 Å². The first kappa shape index (κ1) is 16.2. The number of hydrogen-bond acceptors (Lipinski definition) is 2. The van der Waals surface area contributed by atoms with E-state index >= 15 is 0 Å². The van der Waals surface area contributed by atoms with Gasteiger partial charge >= 0.3 is 0 Å². The lowest BCUT2D eigenvalue weighted by Crippen LogP contribution is -2.37. The standard InChI is InChI=1S/C18H21FN2O/c1-12-4-6-14(7-5-12)15-8-9-16(17(19)10-15)18(22)21-11-13(2)20-3/h4-10,13,20H,11H2,1-3H3,(H,21,22). The molecule has 0 fully saturated rings. The van der Waals surface area contributed by atoms with Gasteiger partial charge in [0.05, 0.1) is 5.56 Å². The Bertz CT molecular complexity index is 653. The van der Waals surface area contributed by atoms with Gasteiger partial charge in [0, 0.05) is 12.6 Å². The van der Waals surface area contributed by atoms with E-state index in [1.54, 1.807) is 6.07 Å². The molecule has 2 N–H and O–H groups in total. The van der Waals surface area contributed by atoms with Crippen LogP contribution in [0.2, 0.25) is 0 Å². The van der Waals surface area contributed by atoms with Crippen LogP contribution in [0.15, 0.2) is 42.5 Å². The Kier molecular flexibility index (Phi) is 5.28. The summed E-state index contributed by atoms with van der Waals surface area (Å²) in [4.78, 5) is 12.0. The number of nitrogens with one attached hydrogen (secondary N) is 2. The van der Waals surface area contributed by atoms with Crippen molar-refractivity contribution in [3.05, 3.63) is 59.4 Å². The van der Waals surface area contributed by atoms with Crippen molar-refractivity contribution < 1.29 is 9.18 Å². The minimum Gasteiger partial charge on any atom is -0.350 e. The van der Waals surface area contributed by atoms with Crippen molar-refractivity contribution >= 4 is 5.91 Å². The van der Waals surface area contributed by atoms with Crippen LogP contribution in [-0.4, -0.2) is 25.5 Å². The molecule has 22 heavy (non-hydrogen) atoms. The number of hydrogen-bond donors (Lipinski definition) is 2. The SMILES string of the molecule is CNC(C)CNC(=O)c1ccc(-c2ccc(C)cc2)cc1F. The first-order valence-corrected chi connectivity index (χ1v) is 7.33. The third kappa shape index (κ3) is 3.92. The van der Waals surface area contributed by atoms with E-state index in [9.17, 15) is 9.18 Å². The number of amides is 1. The number of benzene rings is 2. The molecule has 0 bridgehead atoms. The highest BCUT2D eigenvalue weighted by molar-refractivity contribution is 5.95. The fourth-order valence-electron chi connectivity index (χ4n) is 2.07. The van der Waals surface area contributed by atoms with E-state index in [-0.39, 0.29) is 11.6 Å². The molecule has 2 aromatic carbocycles. The predicted octanol–water partition coefficient (Wildman–Crippen LogP) is 3.14. The van der Waals surface area contributed by atoms with Crippen molar-refractivity contribution in [1.29, 1.82) is 0 Å². The lowest BCUT2D eigenvalue weighted by Gasteiger charge is -2.12. The molecule has 0 spiro atoms. The lowest BCUT2D eigenvalue weighted by atomic mass is 10.0. The van der Waals surface area contributed by atoms with Gasteiger partial charge in [-0.05, 0) is 44.2 Å². The summed E-state index contributed by atoms with van der Waals surface area (Å²) in [5, 5.41) is 5.73. The molecular weight excluding hydrogens is 279 g/mol. The number of halogens is 1. The first-order chi connectivity index (χ1) is 10.5. The van der Waals surface area contributed by atoms with E-state index in [2.05, 4.69) is 10.6 Å². The average Bonchev–Trinajstić information content (AvgIpc) is 2.52. The van der Waals surface area contributed by atoms with E-state index in [0.29, 0.717) is 6.54 Å². The van der Waals surface area contributed by atoms with Crippen molar-refractivity contribution in [3.8, 4) is 11.1 Å². The second kappa shape index (κ2) is 7.18. The summed E-state index contributed by atoms with van der Waals surface area (Å²) >= 11 is 0. The van der Waals surface area contributed by atoms with E-state index in [0.717, 1.165) is 16.7 Å². The van der Waals surface area contributed by atoms with Crippen LogP contribution in [0, 0.1) is 12.7 Å². The normalized spacial score (nSPS) is 12.0. The molecular formula is C18H21FN2O. The summed E-state index contributed by atoms with van der Waals surface area (Å²) in [7, 11) is 1.81. The number of likely N-dealkylation sites (N-methyl/N-ethyl adjacent to an activating group) is 1. The van der Waals surface area contributed by atoms with Crippen molar-refractivity contribution in [2.75, 3.05) is 13.6 Å². The van der Waals surface area contributed by atoms with Crippen molar-refractivity contribution in [3.63, 3.8) is 0 Å². The molecule has 0 aliphatic carbocycles. The third-order valence-corrected chi connectivity index (χ3v) is 3.66. The van der Waals surface area contributed by atoms with Gasteiger partial charge in [0.1, 0.15) is 5.82 Å². The molecule has 0 aromatic heterocycles. The molecule has 2 rings (SSSR count). The Morgan fingerprint density at radius 3 is 2.36 bits per heavy atom. The molecule has 0 aliphatic heterocycles. The average molecular weight is 300 g/mol. The fraction of sp³-hybridized carbons (Fsp3) is 0.278. The van der Waals surface area contributed by atoms with Crippen LogP contribution in [0.1, 0.15) is 22.8 Å². The summed E-state index contributed by atoms with van der Waals surface area (Å²) in [6, 6.07) is 12.7. The second-order valence-electron chi connectivity index (χ2n) is 5.46. The van der Waals surface area contributed by atoms with Crippen molar-refractivity contribution in [2.45, 2.75) is 19.9 Å². The Hall–Kier alpha value is -2.20. The number of aryl methyl sites for hydroxylation is 1. The summed E-state index contributed by atoms with van der Waals surface area (Å²) in [5.41, 5.74) is 2.91. The number of rotatable bonds is 5. The summed E-state index contributed by atoms with van der Waals surface area (Å²) in [6.45, 7) is 4.40. The van der Waals surface area contributed by atoms with Crippen LogP contribution in [0.4, 0.5) is 4.39 Å². The second-order valence-corrected chi connectivity index (χ2v) is 5.46. The van der Waals surface area contributed by atoms with Gasteiger partial charge in [0.15, 0.2) is 0 Å². The predicted molar refractivity (Wildman–Crippen MR) is 87.4 cm³/mol. The maximum absolute atomic E-state index is 14.2. The van der Waals surface area contributed by atoms with Gasteiger partial charge in [0.25, 0.3) is 5.91 Å². The molecule has 0 heterocycles. The molecule has 3 nitrogen and oxygen atoms in total. The van der Waals surface area contributed by atoms with Crippen LogP contribution in [-0.2, 0) is 0 Å². The summed E-state index contributed by atoms with van der Waals surface area (Å²) in [5.74, 6) is -0.900. The molecule has 4 heteroatoms. The minimum atomic E-state index is -0.507. The van der Waals surface area contributed by atoms with Gasteiger partial charge in [0.2, 0.25) is 0 Å². The smallest absolute Gasteiger partial charge is 0.254 e. The largest absolute Gasteiger partial charge is 0.350 e. The highest BCUT2D eigenvalue weighted by Gasteiger charge is 2.13. The number of carbonyl (C=O) groups excluding carboxylic acids is 1. The van der Waals surface area contributed by atoms with Crippen LogP contribution in [0.3, 0.4) is 0 Å². The van der Waals surface area contributed by atoms with E-state index in [4.69, 9.17) is 0 Å². The highest BCUT2D eigenvalue weighted by atomic mass is 19.1. The molecule has 1 unspecified atom stereocenters. The molecule has 0 aliphatic rings. The lowest BCUT2D eigenvalue weighted by molar-refractivity contribution is 0.0946. The van der Waals surface area contributed by atoms with E-state index in [1.165, 1.54) is 12.1 Å². The molecule has 1 amide bonds. The Morgan fingerprint density at radius 1 is 1.14 bits per heavy atom. The van der Waals surface area contributed by atoms with Crippen LogP contribution >= 0.6 is 0 Å². The topological polar surface area (TPSA) is 41.1 Å². The maximum Gasteiger partial charge on any atom is 0.254 e. The third-order valence-electron chi connectivity index (χ3n) is 3.66. The Labute approximate surface area is 130 Å². The van der Waals surface area contributed by atoms with Gasteiger partial charge in [-0.2, -0.15) is 0 Å². The zero-order valence-electron chi connectivity index (χ0n) is 13.1. The monoisotopic (exact) mass is 300 g/mol. The molecule has 0 radical (unpaired) electrons. The fourth-order valence-corrected chi connectivity index (χ4v) is 2.07. The van der Waals surface area contributed by atoms with Gasteiger partial charge in [-0.15, -0.1) is 0 Å².